The summed E-state index contributed by atoms with van der Waals surface area (Å²) < 4.78 is 10.6. The van der Waals surface area contributed by atoms with Gasteiger partial charge in [0.1, 0.15) is 5.82 Å². The van der Waals surface area contributed by atoms with Crippen LogP contribution in [0.4, 0.5) is 0 Å². The number of aromatic amines is 1. The Morgan fingerprint density at radius 3 is 2.81 bits per heavy atom. The Kier molecular flexibility index (Phi) is 4.63. The number of hydrogen-bond donors (Lipinski definition) is 1. The average Bonchev–Trinajstić information content (AvgIpc) is 3.45. The lowest BCUT2D eigenvalue weighted by Gasteiger charge is -2.28. The van der Waals surface area contributed by atoms with Crippen LogP contribution in [0.3, 0.4) is 0 Å². The zero-order valence-corrected chi connectivity index (χ0v) is 15.2. The van der Waals surface area contributed by atoms with Gasteiger partial charge in [0.05, 0.1) is 19.9 Å². The maximum Gasteiger partial charge on any atom is 0.254 e. The van der Waals surface area contributed by atoms with E-state index in [4.69, 9.17) is 14.5 Å². The van der Waals surface area contributed by atoms with Crippen LogP contribution in [0.5, 0.6) is 11.8 Å². The van der Waals surface area contributed by atoms with E-state index in [0.717, 1.165) is 35.6 Å². The minimum absolute atomic E-state index is 0.0361. The second-order valence-corrected chi connectivity index (χ2v) is 7.07. The molecule has 4 rings (SSSR count). The third kappa shape index (κ3) is 3.58. The van der Waals surface area contributed by atoms with Crippen molar-refractivity contribution in [2.45, 2.75) is 38.8 Å². The van der Waals surface area contributed by atoms with Gasteiger partial charge in [0.2, 0.25) is 11.8 Å². The molecule has 1 fully saturated rings. The second kappa shape index (κ2) is 7.07. The van der Waals surface area contributed by atoms with Gasteiger partial charge in [-0.15, -0.1) is 0 Å². The number of rotatable bonds is 6. The van der Waals surface area contributed by atoms with Crippen LogP contribution in [0.1, 0.15) is 35.5 Å². The molecule has 2 aromatic rings. The molecule has 1 N–H and O–H groups in total. The van der Waals surface area contributed by atoms with Crippen LogP contribution in [-0.4, -0.2) is 40.6 Å². The molecule has 0 spiro atoms. The number of pyridine rings is 1. The largest absolute Gasteiger partial charge is 0.481 e. The summed E-state index contributed by atoms with van der Waals surface area (Å²) in [6, 6.07) is 3.82. The van der Waals surface area contributed by atoms with Crippen LogP contribution in [0.15, 0.2) is 16.9 Å². The first-order valence-electron chi connectivity index (χ1n) is 9.07. The van der Waals surface area contributed by atoms with Gasteiger partial charge in [-0.1, -0.05) is 0 Å². The number of fused-ring (bicyclic) bond motifs is 1. The molecule has 0 unspecified atom stereocenters. The highest BCUT2D eigenvalue weighted by Crippen LogP contribution is 2.31. The highest BCUT2D eigenvalue weighted by atomic mass is 16.5. The van der Waals surface area contributed by atoms with Crippen LogP contribution in [0, 0.1) is 5.92 Å². The van der Waals surface area contributed by atoms with Crippen molar-refractivity contribution in [3.05, 3.63) is 45.1 Å². The summed E-state index contributed by atoms with van der Waals surface area (Å²) in [7, 11) is 3.20. The Morgan fingerprint density at radius 2 is 2.08 bits per heavy atom. The Balaban J connectivity index is 1.52. The van der Waals surface area contributed by atoms with Gasteiger partial charge in [0.25, 0.3) is 5.56 Å². The number of aromatic nitrogens is 3. The van der Waals surface area contributed by atoms with Crippen molar-refractivity contribution in [2.24, 2.45) is 5.92 Å². The lowest BCUT2D eigenvalue weighted by molar-refractivity contribution is 0.235. The summed E-state index contributed by atoms with van der Waals surface area (Å²) in [6.45, 7) is 2.19. The normalized spacial score (nSPS) is 17.0. The molecule has 0 radical (unpaired) electrons. The van der Waals surface area contributed by atoms with E-state index in [1.165, 1.54) is 12.8 Å². The fourth-order valence-corrected chi connectivity index (χ4v) is 3.48. The molecule has 7 heteroatoms. The Bertz CT molecular complexity index is 860. The van der Waals surface area contributed by atoms with E-state index in [1.807, 2.05) is 12.1 Å². The predicted octanol–water partition coefficient (Wildman–Crippen LogP) is 1.69. The number of methoxy groups -OCH3 is 2. The average molecular weight is 356 g/mol. The van der Waals surface area contributed by atoms with Crippen molar-refractivity contribution in [3.8, 4) is 11.8 Å². The van der Waals surface area contributed by atoms with E-state index in [9.17, 15) is 4.79 Å². The zero-order valence-electron chi connectivity index (χ0n) is 15.2. The van der Waals surface area contributed by atoms with E-state index in [2.05, 4.69) is 14.9 Å². The summed E-state index contributed by atoms with van der Waals surface area (Å²) in [5, 5.41) is 0. The molecular weight excluding hydrogens is 332 g/mol. The van der Waals surface area contributed by atoms with Crippen molar-refractivity contribution in [1.82, 2.24) is 19.9 Å². The van der Waals surface area contributed by atoms with E-state index in [1.54, 1.807) is 14.2 Å². The SMILES string of the molecule is COc1ccc(CN2CCc3c(nc(CC4CC4)[nH]c3=O)C2)c(OC)n1. The summed E-state index contributed by atoms with van der Waals surface area (Å²) in [5.74, 6) is 2.64. The van der Waals surface area contributed by atoms with Gasteiger partial charge in [-0.25, -0.2) is 4.98 Å². The van der Waals surface area contributed by atoms with Crippen LogP contribution in [-0.2, 0) is 25.9 Å². The van der Waals surface area contributed by atoms with E-state index < -0.39 is 0 Å². The number of hydrogen-bond acceptors (Lipinski definition) is 6. The molecule has 2 aromatic heterocycles. The molecule has 0 bridgehead atoms. The summed E-state index contributed by atoms with van der Waals surface area (Å²) in [5.41, 5.74) is 2.78. The van der Waals surface area contributed by atoms with Gasteiger partial charge in [-0.2, -0.15) is 4.98 Å². The van der Waals surface area contributed by atoms with Gasteiger partial charge in [0, 0.05) is 43.2 Å². The predicted molar refractivity (Wildman–Crippen MR) is 96.4 cm³/mol. The van der Waals surface area contributed by atoms with E-state index in [0.29, 0.717) is 37.2 Å². The highest BCUT2D eigenvalue weighted by Gasteiger charge is 2.26. The Hall–Kier alpha value is -2.41. The van der Waals surface area contributed by atoms with Crippen molar-refractivity contribution in [1.29, 1.82) is 0 Å². The second-order valence-electron chi connectivity index (χ2n) is 7.07. The molecule has 26 heavy (non-hydrogen) atoms. The van der Waals surface area contributed by atoms with Gasteiger partial charge in [-0.05, 0) is 31.2 Å². The molecule has 0 atom stereocenters. The minimum Gasteiger partial charge on any atom is -0.481 e. The number of ether oxygens (including phenoxy) is 2. The first-order chi connectivity index (χ1) is 12.7. The summed E-state index contributed by atoms with van der Waals surface area (Å²) in [4.78, 5) is 26.7. The molecule has 1 saturated carbocycles. The van der Waals surface area contributed by atoms with Crippen LogP contribution >= 0.6 is 0 Å². The van der Waals surface area contributed by atoms with Gasteiger partial charge in [-0.3, -0.25) is 9.69 Å². The molecule has 2 aliphatic rings. The van der Waals surface area contributed by atoms with Crippen LogP contribution in [0.2, 0.25) is 0 Å². The van der Waals surface area contributed by atoms with Crippen molar-refractivity contribution >= 4 is 0 Å². The van der Waals surface area contributed by atoms with E-state index in [-0.39, 0.29) is 5.56 Å². The molecule has 3 heterocycles. The van der Waals surface area contributed by atoms with Gasteiger partial charge in [0.15, 0.2) is 0 Å². The number of nitrogens with zero attached hydrogens (tertiary/aromatic N) is 3. The molecule has 0 saturated heterocycles. The van der Waals surface area contributed by atoms with Gasteiger partial charge < -0.3 is 14.5 Å². The first-order valence-corrected chi connectivity index (χ1v) is 9.07. The summed E-state index contributed by atoms with van der Waals surface area (Å²) in [6.07, 6.45) is 4.10. The minimum atomic E-state index is 0.0361. The van der Waals surface area contributed by atoms with Crippen molar-refractivity contribution in [2.75, 3.05) is 20.8 Å². The third-order valence-corrected chi connectivity index (χ3v) is 5.09. The lowest BCUT2D eigenvalue weighted by atomic mass is 10.1. The molecule has 7 nitrogen and oxygen atoms in total. The van der Waals surface area contributed by atoms with Crippen LogP contribution < -0.4 is 15.0 Å². The quantitative estimate of drug-likeness (QED) is 0.848. The maximum absolute atomic E-state index is 12.4. The molecule has 138 valence electrons. The number of nitrogens with one attached hydrogen (secondary N) is 1. The highest BCUT2D eigenvalue weighted by molar-refractivity contribution is 5.31. The lowest BCUT2D eigenvalue weighted by Crippen LogP contribution is -2.35. The first kappa shape index (κ1) is 17.0. The standard InChI is InChI=1S/C19H24N4O3/c1-25-17-6-5-13(19(22-17)26-2)10-23-8-7-14-15(11-23)20-16(21-18(14)24)9-12-3-4-12/h5-6,12H,3-4,7-11H2,1-2H3,(H,20,21,24). The maximum atomic E-state index is 12.4. The molecule has 0 amide bonds. The van der Waals surface area contributed by atoms with Crippen molar-refractivity contribution in [3.63, 3.8) is 0 Å². The monoisotopic (exact) mass is 356 g/mol. The molecule has 0 aromatic carbocycles. The molecular formula is C19H24N4O3. The van der Waals surface area contributed by atoms with Crippen molar-refractivity contribution < 1.29 is 9.47 Å². The smallest absolute Gasteiger partial charge is 0.254 e. The molecule has 1 aliphatic heterocycles. The van der Waals surface area contributed by atoms with Gasteiger partial charge >= 0.3 is 0 Å². The summed E-state index contributed by atoms with van der Waals surface area (Å²) >= 11 is 0. The Labute approximate surface area is 152 Å². The fourth-order valence-electron chi connectivity index (χ4n) is 3.48. The Morgan fingerprint density at radius 1 is 1.23 bits per heavy atom. The molecule has 1 aliphatic carbocycles. The fraction of sp³-hybridized carbons (Fsp3) is 0.526. The number of H-pyrrole nitrogens is 1. The zero-order chi connectivity index (χ0) is 18.1. The van der Waals surface area contributed by atoms with E-state index >= 15 is 0 Å². The third-order valence-electron chi connectivity index (χ3n) is 5.09. The topological polar surface area (TPSA) is 80.3 Å². The van der Waals surface area contributed by atoms with Crippen LogP contribution in [0.25, 0.3) is 0 Å².